The smallest absolute Gasteiger partial charge is 0.356 e. The second kappa shape index (κ2) is 11.1. The molecule has 0 bridgehead atoms. The van der Waals surface area contributed by atoms with Gasteiger partial charge in [0.2, 0.25) is 0 Å². The van der Waals surface area contributed by atoms with Crippen LogP contribution in [-0.2, 0) is 14.8 Å². The predicted molar refractivity (Wildman–Crippen MR) is 138 cm³/mol. The summed E-state index contributed by atoms with van der Waals surface area (Å²) < 4.78 is 29.0. The normalized spacial score (nSPS) is 12.2. The van der Waals surface area contributed by atoms with E-state index in [2.05, 4.69) is 38.6 Å². The van der Waals surface area contributed by atoms with E-state index in [1.165, 1.54) is 6.07 Å². The Morgan fingerprint density at radius 1 is 1.17 bits per heavy atom. The standard InChI is InChI=1S/C26H24N4O4S/c1-4-28-22(25(27-3)26(31)32)17-18(2)14-15-19-9-5-6-12-21(19)30-35(33,34)23-13-7-10-20-11-8-16-29-24(20)23/h5-13,16-17,28,30H,3-4H2,1-2H3,(H,31,32)/b18-17+,25-22+. The number of allylic oxidation sites excluding steroid dienone is 2. The molecule has 0 aliphatic rings. The third-order valence-electron chi connectivity index (χ3n) is 4.79. The maximum atomic E-state index is 13.2. The highest BCUT2D eigenvalue weighted by atomic mass is 32.2. The predicted octanol–water partition coefficient (Wildman–Crippen LogP) is 3.94. The van der Waals surface area contributed by atoms with Gasteiger partial charge in [0.25, 0.3) is 10.0 Å². The summed E-state index contributed by atoms with van der Waals surface area (Å²) in [5, 5.41) is 13.0. The van der Waals surface area contributed by atoms with Crippen molar-refractivity contribution in [3.8, 4) is 11.8 Å². The van der Waals surface area contributed by atoms with Gasteiger partial charge in [0.05, 0.1) is 16.9 Å². The zero-order chi connectivity index (χ0) is 25.4. The van der Waals surface area contributed by atoms with Gasteiger partial charge in [-0.2, -0.15) is 0 Å². The van der Waals surface area contributed by atoms with E-state index in [-0.39, 0.29) is 16.3 Å². The van der Waals surface area contributed by atoms with E-state index < -0.39 is 16.0 Å². The number of nitrogens with one attached hydrogen (secondary N) is 2. The second-order valence-corrected chi connectivity index (χ2v) is 8.97. The number of rotatable bonds is 8. The summed E-state index contributed by atoms with van der Waals surface area (Å²) in [4.78, 5) is 19.3. The maximum Gasteiger partial charge on any atom is 0.356 e. The van der Waals surface area contributed by atoms with Crippen molar-refractivity contribution >= 4 is 39.3 Å². The van der Waals surface area contributed by atoms with Gasteiger partial charge in [-0.25, -0.2) is 13.2 Å². The van der Waals surface area contributed by atoms with Crippen molar-refractivity contribution in [2.75, 3.05) is 11.3 Å². The number of aliphatic carboxylic acids is 1. The number of carboxylic acid groups (broad SMARTS) is 1. The van der Waals surface area contributed by atoms with Gasteiger partial charge in [-0.05, 0) is 50.9 Å². The monoisotopic (exact) mass is 488 g/mol. The molecule has 3 N–H and O–H groups in total. The molecular weight excluding hydrogens is 464 g/mol. The molecule has 0 aliphatic carbocycles. The number of hydrogen-bond acceptors (Lipinski definition) is 6. The summed E-state index contributed by atoms with van der Waals surface area (Å²) in [5.74, 6) is 4.68. The van der Waals surface area contributed by atoms with Gasteiger partial charge in [0.15, 0.2) is 5.70 Å². The molecule has 0 unspecified atom stereocenters. The van der Waals surface area contributed by atoms with E-state index in [0.29, 0.717) is 34.3 Å². The van der Waals surface area contributed by atoms with Gasteiger partial charge in [-0.3, -0.25) is 14.7 Å². The van der Waals surface area contributed by atoms with Crippen LogP contribution in [-0.4, -0.2) is 37.7 Å². The molecule has 0 saturated heterocycles. The lowest BCUT2D eigenvalue weighted by molar-refractivity contribution is -0.132. The summed E-state index contributed by atoms with van der Waals surface area (Å²) in [6, 6.07) is 15.3. The average Bonchev–Trinajstić information content (AvgIpc) is 2.83. The third-order valence-corrected chi connectivity index (χ3v) is 6.19. The highest BCUT2D eigenvalue weighted by Crippen LogP contribution is 2.24. The number of nitrogens with zero attached hydrogens (tertiary/aromatic N) is 2. The van der Waals surface area contributed by atoms with Crippen LogP contribution in [0.1, 0.15) is 19.4 Å². The van der Waals surface area contributed by atoms with Crippen molar-refractivity contribution in [1.29, 1.82) is 0 Å². The van der Waals surface area contributed by atoms with Crippen LogP contribution < -0.4 is 10.0 Å². The molecule has 0 amide bonds. The molecule has 9 heteroatoms. The third kappa shape index (κ3) is 6.13. The van der Waals surface area contributed by atoms with Crippen LogP contribution in [0.5, 0.6) is 0 Å². The molecule has 2 aromatic carbocycles. The lowest BCUT2D eigenvalue weighted by atomic mass is 10.1. The van der Waals surface area contributed by atoms with E-state index in [1.807, 2.05) is 6.92 Å². The number of para-hydroxylation sites is 2. The van der Waals surface area contributed by atoms with E-state index in [9.17, 15) is 18.3 Å². The number of sulfonamides is 1. The minimum atomic E-state index is -3.95. The molecule has 8 nitrogen and oxygen atoms in total. The largest absolute Gasteiger partial charge is 0.476 e. The van der Waals surface area contributed by atoms with E-state index in [0.717, 1.165) is 0 Å². The van der Waals surface area contributed by atoms with Crippen LogP contribution in [0.15, 0.2) is 93.7 Å². The van der Waals surface area contributed by atoms with Crippen molar-refractivity contribution in [1.82, 2.24) is 10.3 Å². The van der Waals surface area contributed by atoms with Crippen LogP contribution >= 0.6 is 0 Å². The number of carboxylic acids is 1. The first-order valence-electron chi connectivity index (χ1n) is 10.6. The number of aliphatic imine (C=N–C) groups is 1. The summed E-state index contributed by atoms with van der Waals surface area (Å²) in [6.07, 6.45) is 3.10. The van der Waals surface area contributed by atoms with Crippen LogP contribution in [0.25, 0.3) is 10.9 Å². The first-order chi connectivity index (χ1) is 16.8. The highest BCUT2D eigenvalue weighted by Gasteiger charge is 2.19. The number of hydrogen-bond donors (Lipinski definition) is 3. The quantitative estimate of drug-likeness (QED) is 0.191. The van der Waals surface area contributed by atoms with Gasteiger partial charge < -0.3 is 10.4 Å². The molecule has 0 fully saturated rings. The number of pyridine rings is 1. The Labute approximate surface area is 204 Å². The molecule has 0 saturated carbocycles. The van der Waals surface area contributed by atoms with E-state index in [4.69, 9.17) is 0 Å². The first-order valence-corrected chi connectivity index (χ1v) is 12.1. The molecule has 1 heterocycles. The summed E-state index contributed by atoms with van der Waals surface area (Å²) in [7, 11) is -3.95. The van der Waals surface area contributed by atoms with Gasteiger partial charge in [-0.15, -0.1) is 0 Å². The highest BCUT2D eigenvalue weighted by molar-refractivity contribution is 7.93. The summed E-state index contributed by atoms with van der Waals surface area (Å²) in [5.41, 5.74) is 1.73. The Morgan fingerprint density at radius 3 is 2.63 bits per heavy atom. The Morgan fingerprint density at radius 2 is 1.91 bits per heavy atom. The van der Waals surface area contributed by atoms with Crippen molar-refractivity contribution in [2.45, 2.75) is 18.7 Å². The molecule has 0 spiro atoms. The second-order valence-electron chi connectivity index (χ2n) is 7.32. The van der Waals surface area contributed by atoms with Crippen LogP contribution in [0.3, 0.4) is 0 Å². The lowest BCUT2D eigenvalue weighted by Crippen LogP contribution is -2.16. The molecule has 178 valence electrons. The van der Waals surface area contributed by atoms with Gasteiger partial charge in [-0.1, -0.05) is 42.2 Å². The van der Waals surface area contributed by atoms with Crippen molar-refractivity contribution in [3.05, 3.63) is 89.4 Å². The molecule has 3 aromatic rings. The first kappa shape index (κ1) is 25.2. The Hall–Kier alpha value is -4.42. The number of anilines is 1. The average molecular weight is 489 g/mol. The molecular formula is C26H24N4O4S. The topological polar surface area (TPSA) is 121 Å². The SMILES string of the molecule is C=N/C(C(=O)O)=C(\C=C(/C)C#Cc1ccccc1NS(=O)(=O)c1cccc2cccnc12)NCC. The van der Waals surface area contributed by atoms with Crippen LogP contribution in [0.4, 0.5) is 5.69 Å². The number of carbonyl (C=O) groups is 1. The Kier molecular flexibility index (Phi) is 8.02. The van der Waals surface area contributed by atoms with Crippen molar-refractivity contribution in [2.24, 2.45) is 4.99 Å². The summed E-state index contributed by atoms with van der Waals surface area (Å²) >= 11 is 0. The van der Waals surface area contributed by atoms with Gasteiger partial charge >= 0.3 is 5.97 Å². The molecule has 0 atom stereocenters. The molecule has 0 radical (unpaired) electrons. The number of fused-ring (bicyclic) bond motifs is 1. The lowest BCUT2D eigenvalue weighted by Gasteiger charge is -2.11. The number of benzene rings is 2. The molecule has 3 rings (SSSR count). The summed E-state index contributed by atoms with van der Waals surface area (Å²) in [6.45, 7) is 7.33. The van der Waals surface area contributed by atoms with Crippen molar-refractivity contribution < 1.29 is 18.3 Å². The zero-order valence-corrected chi connectivity index (χ0v) is 20.1. The minimum Gasteiger partial charge on any atom is -0.476 e. The maximum absolute atomic E-state index is 13.2. The number of aromatic nitrogens is 1. The van der Waals surface area contributed by atoms with Crippen molar-refractivity contribution in [3.63, 3.8) is 0 Å². The van der Waals surface area contributed by atoms with E-state index in [1.54, 1.807) is 67.7 Å². The van der Waals surface area contributed by atoms with E-state index >= 15 is 0 Å². The molecule has 0 aliphatic heterocycles. The fraction of sp³-hybridized carbons (Fsp3) is 0.115. The number of likely N-dealkylation sites (N-methyl/N-ethyl adjacent to an activating group) is 1. The fourth-order valence-corrected chi connectivity index (χ4v) is 4.51. The zero-order valence-electron chi connectivity index (χ0n) is 19.2. The molecule has 35 heavy (non-hydrogen) atoms. The van der Waals surface area contributed by atoms with Gasteiger partial charge in [0, 0.05) is 29.3 Å². The Bertz CT molecular complexity index is 1510. The Balaban J connectivity index is 1.97. The van der Waals surface area contributed by atoms with Crippen LogP contribution in [0, 0.1) is 11.8 Å². The van der Waals surface area contributed by atoms with Crippen LogP contribution in [0.2, 0.25) is 0 Å². The molecule has 1 aromatic heterocycles. The van der Waals surface area contributed by atoms with Gasteiger partial charge in [0.1, 0.15) is 4.90 Å². The minimum absolute atomic E-state index is 0.0629. The fourth-order valence-electron chi connectivity index (χ4n) is 3.25.